The lowest BCUT2D eigenvalue weighted by Crippen LogP contribution is -2.47. The molecule has 0 bridgehead atoms. The van der Waals surface area contributed by atoms with Crippen LogP contribution in [0.2, 0.25) is 0 Å². The van der Waals surface area contributed by atoms with Gasteiger partial charge in [0.15, 0.2) is 11.4 Å². The maximum atomic E-state index is 13.1. The predicted molar refractivity (Wildman–Crippen MR) is 122 cm³/mol. The molecule has 12 heteroatoms. The molecule has 1 amide bonds. The lowest BCUT2D eigenvalue weighted by atomic mass is 10.1. The average molecular weight is 493 g/mol. The summed E-state index contributed by atoms with van der Waals surface area (Å²) in [6.45, 7) is 0.207. The third-order valence-electron chi connectivity index (χ3n) is 5.22. The minimum atomic E-state index is -3.67. The first-order valence-electron chi connectivity index (χ1n) is 9.93. The van der Waals surface area contributed by atoms with Crippen LogP contribution in [0.25, 0.3) is 10.9 Å². The Labute approximate surface area is 193 Å². The second kappa shape index (κ2) is 9.21. The van der Waals surface area contributed by atoms with E-state index in [9.17, 15) is 27.8 Å². The fourth-order valence-electron chi connectivity index (χ4n) is 3.61. The molecule has 3 N–H and O–H groups in total. The molecule has 0 radical (unpaired) electrons. The Morgan fingerprint density at radius 1 is 1.30 bits per heavy atom. The highest BCUT2D eigenvalue weighted by atomic mass is 32.2. The molecule has 1 fully saturated rings. The summed E-state index contributed by atoms with van der Waals surface area (Å²) in [6, 6.07) is 8.83. The van der Waals surface area contributed by atoms with Crippen molar-refractivity contribution in [3.8, 4) is 5.75 Å². The third-order valence-corrected chi connectivity index (χ3v) is 7.71. The number of sulfonamides is 1. The van der Waals surface area contributed by atoms with Gasteiger partial charge in [-0.2, -0.15) is 4.31 Å². The molecule has 33 heavy (non-hydrogen) atoms. The predicted octanol–water partition coefficient (Wildman–Crippen LogP) is 1.77. The van der Waals surface area contributed by atoms with Gasteiger partial charge in [-0.1, -0.05) is 12.1 Å². The zero-order valence-electron chi connectivity index (χ0n) is 17.5. The zero-order valence-corrected chi connectivity index (χ0v) is 19.1. The number of aromatic hydroxyl groups is 1. The molecule has 1 saturated heterocycles. The second-order valence-electron chi connectivity index (χ2n) is 7.48. The fraction of sp³-hybridized carbons (Fsp3) is 0.286. The first-order valence-corrected chi connectivity index (χ1v) is 12.8. The Balaban J connectivity index is 1.72. The van der Waals surface area contributed by atoms with Crippen LogP contribution in [0.15, 0.2) is 42.6 Å². The Bertz CT molecular complexity index is 1300. The SMILES string of the molecule is CS(=O)(=O)N1CCSC(c2nc(C(=O)NCc3ccc(F)cc3)c(O)c3ncccc23)C1O. The van der Waals surface area contributed by atoms with Gasteiger partial charge >= 0.3 is 0 Å². The number of benzene rings is 1. The van der Waals surface area contributed by atoms with Crippen LogP contribution in [0, 0.1) is 5.82 Å². The minimum Gasteiger partial charge on any atom is -0.504 e. The van der Waals surface area contributed by atoms with E-state index in [0.717, 1.165) is 10.6 Å². The number of pyridine rings is 2. The molecular weight excluding hydrogens is 471 g/mol. The number of nitrogens with one attached hydrogen (secondary N) is 1. The summed E-state index contributed by atoms with van der Waals surface area (Å²) in [5.41, 5.74) is 0.695. The summed E-state index contributed by atoms with van der Waals surface area (Å²) >= 11 is 1.30. The Kier molecular flexibility index (Phi) is 6.52. The van der Waals surface area contributed by atoms with Crippen molar-refractivity contribution in [2.45, 2.75) is 18.0 Å². The van der Waals surface area contributed by atoms with Gasteiger partial charge in [-0.05, 0) is 29.8 Å². The number of aliphatic hydroxyl groups excluding tert-OH is 1. The molecular formula is C21H21FN4O5S2. The van der Waals surface area contributed by atoms with Crippen molar-refractivity contribution in [1.29, 1.82) is 0 Å². The van der Waals surface area contributed by atoms with Crippen LogP contribution in [0.5, 0.6) is 5.75 Å². The summed E-state index contributed by atoms with van der Waals surface area (Å²) < 4.78 is 38.3. The number of hydrogen-bond acceptors (Lipinski definition) is 8. The fourth-order valence-corrected chi connectivity index (χ4v) is 5.95. The van der Waals surface area contributed by atoms with Crippen molar-refractivity contribution in [1.82, 2.24) is 19.6 Å². The molecule has 0 aliphatic carbocycles. The molecule has 0 spiro atoms. The molecule has 2 atom stereocenters. The number of halogens is 1. The van der Waals surface area contributed by atoms with Crippen molar-refractivity contribution < 1.29 is 27.8 Å². The van der Waals surface area contributed by atoms with E-state index in [1.54, 1.807) is 12.1 Å². The topological polar surface area (TPSA) is 133 Å². The van der Waals surface area contributed by atoms with Crippen molar-refractivity contribution in [3.05, 3.63) is 65.4 Å². The van der Waals surface area contributed by atoms with E-state index in [0.29, 0.717) is 16.7 Å². The molecule has 3 heterocycles. The molecule has 1 aliphatic heterocycles. The van der Waals surface area contributed by atoms with E-state index < -0.39 is 39.0 Å². The lowest BCUT2D eigenvalue weighted by molar-refractivity contribution is 0.0594. The van der Waals surface area contributed by atoms with Gasteiger partial charge in [0.1, 0.15) is 17.6 Å². The highest BCUT2D eigenvalue weighted by Gasteiger charge is 2.39. The summed E-state index contributed by atoms with van der Waals surface area (Å²) in [7, 11) is -3.67. The Hall–Kier alpha value is -2.80. The number of nitrogens with zero attached hydrogens (tertiary/aromatic N) is 3. The molecule has 3 aromatic rings. The average Bonchev–Trinajstić information content (AvgIpc) is 2.78. The van der Waals surface area contributed by atoms with E-state index in [2.05, 4.69) is 15.3 Å². The van der Waals surface area contributed by atoms with Gasteiger partial charge in [0.2, 0.25) is 10.0 Å². The van der Waals surface area contributed by atoms with Crippen LogP contribution in [-0.2, 0) is 16.6 Å². The number of fused-ring (bicyclic) bond motifs is 1. The summed E-state index contributed by atoms with van der Waals surface area (Å²) in [6.07, 6.45) is 1.05. The molecule has 1 aliphatic rings. The van der Waals surface area contributed by atoms with E-state index in [1.807, 2.05) is 0 Å². The Morgan fingerprint density at radius 3 is 2.73 bits per heavy atom. The maximum Gasteiger partial charge on any atom is 0.274 e. The largest absolute Gasteiger partial charge is 0.504 e. The normalized spacial score (nSPS) is 19.5. The first-order chi connectivity index (χ1) is 15.7. The maximum absolute atomic E-state index is 13.1. The van der Waals surface area contributed by atoms with Gasteiger partial charge < -0.3 is 15.5 Å². The highest BCUT2D eigenvalue weighted by Crippen LogP contribution is 2.41. The van der Waals surface area contributed by atoms with E-state index in [4.69, 9.17) is 0 Å². The van der Waals surface area contributed by atoms with Crippen LogP contribution in [0.4, 0.5) is 4.39 Å². The number of aliphatic hydroxyl groups is 1. The zero-order chi connectivity index (χ0) is 23.8. The van der Waals surface area contributed by atoms with Gasteiger partial charge in [-0.3, -0.25) is 9.78 Å². The van der Waals surface area contributed by atoms with E-state index in [-0.39, 0.29) is 30.0 Å². The Morgan fingerprint density at radius 2 is 2.03 bits per heavy atom. The van der Waals surface area contributed by atoms with Crippen LogP contribution < -0.4 is 5.32 Å². The summed E-state index contributed by atoms with van der Waals surface area (Å²) in [5, 5.41) is 23.8. The number of rotatable bonds is 5. The van der Waals surface area contributed by atoms with Gasteiger partial charge in [-0.15, -0.1) is 11.8 Å². The quantitative estimate of drug-likeness (QED) is 0.491. The van der Waals surface area contributed by atoms with Crippen molar-refractivity contribution in [3.63, 3.8) is 0 Å². The molecule has 4 rings (SSSR count). The van der Waals surface area contributed by atoms with Crippen molar-refractivity contribution in [2.24, 2.45) is 0 Å². The molecule has 9 nitrogen and oxygen atoms in total. The highest BCUT2D eigenvalue weighted by molar-refractivity contribution is 7.99. The monoisotopic (exact) mass is 492 g/mol. The van der Waals surface area contributed by atoms with Crippen LogP contribution in [-0.4, -0.2) is 63.6 Å². The molecule has 2 aromatic heterocycles. The smallest absolute Gasteiger partial charge is 0.274 e. The molecule has 174 valence electrons. The summed E-state index contributed by atoms with van der Waals surface area (Å²) in [5.74, 6) is -1.12. The van der Waals surface area contributed by atoms with Crippen molar-refractivity contribution >= 4 is 38.6 Å². The van der Waals surface area contributed by atoms with Gasteiger partial charge in [-0.25, -0.2) is 17.8 Å². The van der Waals surface area contributed by atoms with Crippen molar-refractivity contribution in [2.75, 3.05) is 18.6 Å². The number of aromatic nitrogens is 2. The van der Waals surface area contributed by atoms with Crippen LogP contribution >= 0.6 is 11.8 Å². The number of thioether (sulfide) groups is 1. The summed E-state index contributed by atoms with van der Waals surface area (Å²) in [4.78, 5) is 21.4. The molecule has 0 saturated carbocycles. The van der Waals surface area contributed by atoms with E-state index >= 15 is 0 Å². The number of carbonyl (C=O) groups is 1. The number of hydrogen-bond donors (Lipinski definition) is 3. The van der Waals surface area contributed by atoms with Crippen LogP contribution in [0.3, 0.4) is 0 Å². The van der Waals surface area contributed by atoms with Gasteiger partial charge in [0.25, 0.3) is 5.91 Å². The van der Waals surface area contributed by atoms with Crippen LogP contribution in [0.1, 0.15) is 27.0 Å². The number of amides is 1. The lowest BCUT2D eigenvalue weighted by Gasteiger charge is -2.36. The minimum absolute atomic E-state index is 0.0679. The third kappa shape index (κ3) is 4.78. The molecule has 1 aromatic carbocycles. The van der Waals surface area contributed by atoms with Gasteiger partial charge in [0.05, 0.1) is 17.2 Å². The number of carbonyl (C=O) groups excluding carboxylic acids is 1. The molecule has 2 unspecified atom stereocenters. The second-order valence-corrected chi connectivity index (χ2v) is 10.7. The van der Waals surface area contributed by atoms with Gasteiger partial charge in [0, 0.05) is 30.4 Å². The standard InChI is InChI=1S/C21H21FN4O5S2/c1-33(30,31)26-9-10-32-19(21(26)29)16-14-3-2-8-23-15(14)18(27)17(25-16)20(28)24-11-12-4-6-13(22)7-5-12/h2-8,19,21,27,29H,9-11H2,1H3,(H,24,28). The van der Waals surface area contributed by atoms with E-state index in [1.165, 1.54) is 42.2 Å². The first kappa shape index (κ1) is 23.4.